The van der Waals surface area contributed by atoms with Crippen LogP contribution in [0, 0.1) is 21.4 Å². The standard InChI is InChI=1S/C12H13N3O4/c13-6-9-1-2-10(5-12(9)15(16)17)14-7-11-8-18-3-4-19-11/h1-2,5,11,14H,3-4,7-8H2. The molecule has 0 aliphatic carbocycles. The lowest BCUT2D eigenvalue weighted by atomic mass is 10.1. The second-order valence-electron chi connectivity index (χ2n) is 4.05. The number of ether oxygens (including phenoxy) is 2. The summed E-state index contributed by atoms with van der Waals surface area (Å²) in [6.45, 7) is 2.16. The predicted octanol–water partition coefficient (Wildman–Crippen LogP) is 1.29. The number of hydrogen-bond donors (Lipinski definition) is 1. The second-order valence-corrected chi connectivity index (χ2v) is 4.05. The summed E-state index contributed by atoms with van der Waals surface area (Å²) < 4.78 is 10.7. The third-order valence-electron chi connectivity index (χ3n) is 2.73. The average molecular weight is 263 g/mol. The summed E-state index contributed by atoms with van der Waals surface area (Å²) in [4.78, 5) is 10.3. The van der Waals surface area contributed by atoms with Crippen LogP contribution in [0.25, 0.3) is 0 Å². The highest BCUT2D eigenvalue weighted by atomic mass is 16.6. The highest BCUT2D eigenvalue weighted by molar-refractivity contribution is 5.59. The SMILES string of the molecule is N#Cc1ccc(NCC2COCCO2)cc1[N+](=O)[O-]. The van der Waals surface area contributed by atoms with Gasteiger partial charge in [0, 0.05) is 18.3 Å². The van der Waals surface area contributed by atoms with Crippen molar-refractivity contribution in [2.45, 2.75) is 6.10 Å². The van der Waals surface area contributed by atoms with Gasteiger partial charge < -0.3 is 14.8 Å². The van der Waals surface area contributed by atoms with Crippen molar-refractivity contribution in [3.63, 3.8) is 0 Å². The van der Waals surface area contributed by atoms with Gasteiger partial charge in [-0.15, -0.1) is 0 Å². The zero-order valence-corrected chi connectivity index (χ0v) is 10.2. The van der Waals surface area contributed by atoms with Crippen LogP contribution >= 0.6 is 0 Å². The van der Waals surface area contributed by atoms with Crippen LogP contribution in [-0.2, 0) is 9.47 Å². The second kappa shape index (κ2) is 6.13. The van der Waals surface area contributed by atoms with E-state index in [-0.39, 0.29) is 17.4 Å². The molecule has 0 saturated carbocycles. The van der Waals surface area contributed by atoms with Crippen molar-refractivity contribution < 1.29 is 14.4 Å². The monoisotopic (exact) mass is 263 g/mol. The molecule has 0 aromatic heterocycles. The van der Waals surface area contributed by atoms with Gasteiger partial charge >= 0.3 is 0 Å². The zero-order chi connectivity index (χ0) is 13.7. The highest BCUT2D eigenvalue weighted by Gasteiger charge is 2.16. The van der Waals surface area contributed by atoms with Gasteiger partial charge in [-0.25, -0.2) is 0 Å². The van der Waals surface area contributed by atoms with Crippen molar-refractivity contribution in [2.75, 3.05) is 31.7 Å². The summed E-state index contributed by atoms with van der Waals surface area (Å²) in [6.07, 6.45) is -0.0663. The molecular weight excluding hydrogens is 250 g/mol. The summed E-state index contributed by atoms with van der Waals surface area (Å²) in [7, 11) is 0. The fourth-order valence-electron chi connectivity index (χ4n) is 1.77. The molecule has 1 aliphatic heterocycles. The van der Waals surface area contributed by atoms with E-state index in [1.165, 1.54) is 12.1 Å². The maximum Gasteiger partial charge on any atom is 0.289 e. The Hall–Kier alpha value is -2.17. The van der Waals surface area contributed by atoms with Gasteiger partial charge in [-0.1, -0.05) is 0 Å². The van der Waals surface area contributed by atoms with E-state index in [4.69, 9.17) is 14.7 Å². The summed E-state index contributed by atoms with van der Waals surface area (Å²) >= 11 is 0. The van der Waals surface area contributed by atoms with Gasteiger partial charge in [0.25, 0.3) is 5.69 Å². The molecule has 0 spiro atoms. The van der Waals surface area contributed by atoms with Crippen LogP contribution in [0.15, 0.2) is 18.2 Å². The minimum atomic E-state index is -0.566. The van der Waals surface area contributed by atoms with Crippen molar-refractivity contribution >= 4 is 11.4 Å². The number of nitro benzene ring substituents is 1. The van der Waals surface area contributed by atoms with Gasteiger partial charge in [0.2, 0.25) is 0 Å². The largest absolute Gasteiger partial charge is 0.382 e. The van der Waals surface area contributed by atoms with Crippen LogP contribution in [0.5, 0.6) is 0 Å². The fourth-order valence-corrected chi connectivity index (χ4v) is 1.77. The van der Waals surface area contributed by atoms with Crippen LogP contribution in [-0.4, -0.2) is 37.4 Å². The molecule has 1 atom stereocenters. The molecule has 0 amide bonds. The summed E-state index contributed by atoms with van der Waals surface area (Å²) in [5.41, 5.74) is 0.431. The fraction of sp³-hybridized carbons (Fsp3) is 0.417. The van der Waals surface area contributed by atoms with Gasteiger partial charge in [-0.2, -0.15) is 5.26 Å². The van der Waals surface area contributed by atoms with Crippen LogP contribution in [0.1, 0.15) is 5.56 Å². The smallest absolute Gasteiger partial charge is 0.289 e. The molecule has 19 heavy (non-hydrogen) atoms. The molecule has 1 aliphatic rings. The lowest BCUT2D eigenvalue weighted by molar-refractivity contribution is -0.385. The third kappa shape index (κ3) is 3.40. The van der Waals surface area contributed by atoms with Crippen molar-refractivity contribution in [1.29, 1.82) is 5.26 Å². The lowest BCUT2D eigenvalue weighted by Crippen LogP contribution is -2.34. The number of benzene rings is 1. The van der Waals surface area contributed by atoms with Crippen molar-refractivity contribution in [3.8, 4) is 6.07 Å². The molecule has 1 saturated heterocycles. The molecule has 0 radical (unpaired) electrons. The topological polar surface area (TPSA) is 97.4 Å². The Balaban J connectivity index is 2.02. The number of nitriles is 1. The number of anilines is 1. The molecule has 7 nitrogen and oxygen atoms in total. The van der Waals surface area contributed by atoms with Crippen LogP contribution in [0.4, 0.5) is 11.4 Å². The minimum absolute atomic E-state index is 0.0489. The van der Waals surface area contributed by atoms with Crippen LogP contribution in [0.3, 0.4) is 0 Å². The molecule has 2 rings (SSSR count). The molecule has 1 unspecified atom stereocenters. The number of nitrogens with zero attached hydrogens (tertiary/aromatic N) is 2. The third-order valence-corrected chi connectivity index (χ3v) is 2.73. The van der Waals surface area contributed by atoms with E-state index in [2.05, 4.69) is 5.32 Å². The lowest BCUT2D eigenvalue weighted by Gasteiger charge is -2.23. The van der Waals surface area contributed by atoms with Crippen LogP contribution in [0.2, 0.25) is 0 Å². The number of nitro groups is 1. The first kappa shape index (κ1) is 13.3. The van der Waals surface area contributed by atoms with E-state index < -0.39 is 4.92 Å². The first-order valence-electron chi connectivity index (χ1n) is 5.82. The maximum atomic E-state index is 10.8. The van der Waals surface area contributed by atoms with E-state index >= 15 is 0 Å². The van der Waals surface area contributed by atoms with Crippen molar-refractivity contribution in [3.05, 3.63) is 33.9 Å². The number of rotatable bonds is 4. The number of hydrogen-bond acceptors (Lipinski definition) is 6. The van der Waals surface area contributed by atoms with Crippen molar-refractivity contribution in [1.82, 2.24) is 0 Å². The Labute approximate surface area is 109 Å². The molecular formula is C12H13N3O4. The molecule has 1 heterocycles. The van der Waals surface area contributed by atoms with E-state index in [1.807, 2.05) is 0 Å². The number of nitrogens with one attached hydrogen (secondary N) is 1. The molecule has 7 heteroatoms. The molecule has 1 N–H and O–H groups in total. The zero-order valence-electron chi connectivity index (χ0n) is 10.2. The molecule has 0 bridgehead atoms. The van der Waals surface area contributed by atoms with Crippen molar-refractivity contribution in [2.24, 2.45) is 0 Å². The van der Waals surface area contributed by atoms with Gasteiger partial charge in [-0.05, 0) is 12.1 Å². The van der Waals surface area contributed by atoms with Gasteiger partial charge in [0.1, 0.15) is 11.6 Å². The maximum absolute atomic E-state index is 10.8. The average Bonchev–Trinajstić information content (AvgIpc) is 2.46. The Morgan fingerprint density at radius 2 is 2.37 bits per heavy atom. The van der Waals surface area contributed by atoms with E-state index in [0.29, 0.717) is 32.1 Å². The van der Waals surface area contributed by atoms with Gasteiger partial charge in [0.05, 0.1) is 30.8 Å². The quantitative estimate of drug-likeness (QED) is 0.649. The van der Waals surface area contributed by atoms with E-state index in [9.17, 15) is 10.1 Å². The summed E-state index contributed by atoms with van der Waals surface area (Å²) in [5, 5.41) is 22.6. The Bertz CT molecular complexity index is 506. The first-order valence-corrected chi connectivity index (χ1v) is 5.82. The van der Waals surface area contributed by atoms with Gasteiger partial charge in [0.15, 0.2) is 0 Å². The Kier molecular flexibility index (Phi) is 4.28. The molecule has 1 aromatic carbocycles. The Morgan fingerprint density at radius 1 is 1.53 bits per heavy atom. The first-order chi connectivity index (χ1) is 9.20. The van der Waals surface area contributed by atoms with Crippen LogP contribution < -0.4 is 5.32 Å². The van der Waals surface area contributed by atoms with E-state index in [0.717, 1.165) is 0 Å². The highest BCUT2D eigenvalue weighted by Crippen LogP contribution is 2.22. The minimum Gasteiger partial charge on any atom is -0.382 e. The summed E-state index contributed by atoms with van der Waals surface area (Å²) in [5.74, 6) is 0. The molecule has 1 aromatic rings. The predicted molar refractivity (Wildman–Crippen MR) is 66.9 cm³/mol. The summed E-state index contributed by atoms with van der Waals surface area (Å²) in [6, 6.07) is 6.21. The molecule has 100 valence electrons. The van der Waals surface area contributed by atoms with E-state index in [1.54, 1.807) is 12.1 Å². The Morgan fingerprint density at radius 3 is 3.00 bits per heavy atom. The molecule has 1 fully saturated rings. The normalized spacial score (nSPS) is 18.6. The van der Waals surface area contributed by atoms with Gasteiger partial charge in [-0.3, -0.25) is 10.1 Å².